The van der Waals surface area contributed by atoms with E-state index in [-0.39, 0.29) is 11.7 Å². The highest BCUT2D eigenvalue weighted by Gasteiger charge is 2.30. The van der Waals surface area contributed by atoms with E-state index in [9.17, 15) is 13.2 Å². The molecule has 0 spiro atoms. The van der Waals surface area contributed by atoms with Gasteiger partial charge in [0.15, 0.2) is 9.84 Å². The molecule has 0 aliphatic rings. The highest BCUT2D eigenvalue weighted by molar-refractivity contribution is 7.92. The molecule has 1 N–H and O–H groups in total. The van der Waals surface area contributed by atoms with Crippen LogP contribution in [-0.2, 0) is 20.4 Å². The lowest BCUT2D eigenvalue weighted by Crippen LogP contribution is -2.40. The van der Waals surface area contributed by atoms with Gasteiger partial charge in [0.1, 0.15) is 11.0 Å². The molecule has 1 aromatic carbocycles. The van der Waals surface area contributed by atoms with Gasteiger partial charge in [-0.25, -0.2) is 8.42 Å². The summed E-state index contributed by atoms with van der Waals surface area (Å²) in [6, 6.07) is 9.76. The quantitative estimate of drug-likeness (QED) is 0.815. The van der Waals surface area contributed by atoms with Crippen LogP contribution < -0.4 is 5.32 Å². The van der Waals surface area contributed by atoms with Crippen LogP contribution in [0.5, 0.6) is 0 Å². The van der Waals surface area contributed by atoms with E-state index < -0.39 is 21.0 Å². The summed E-state index contributed by atoms with van der Waals surface area (Å²) in [6.45, 7) is 7.13. The van der Waals surface area contributed by atoms with Crippen molar-refractivity contribution in [1.29, 1.82) is 0 Å². The summed E-state index contributed by atoms with van der Waals surface area (Å²) in [5, 5.41) is 5.36. The SMILES string of the molecule is Cc1noc(C)c1CS(=O)(=O)[C@H](C)C(=O)NC[C@H](C)c1ccccc1. The molecule has 2 rings (SSSR count). The zero-order valence-electron chi connectivity index (χ0n) is 14.9. The van der Waals surface area contributed by atoms with Crippen molar-refractivity contribution < 1.29 is 17.7 Å². The molecule has 2 aromatic rings. The summed E-state index contributed by atoms with van der Waals surface area (Å²) in [7, 11) is -3.65. The summed E-state index contributed by atoms with van der Waals surface area (Å²) >= 11 is 0. The molecule has 0 saturated carbocycles. The highest BCUT2D eigenvalue weighted by atomic mass is 32.2. The Bertz CT molecular complexity index is 809. The average Bonchev–Trinajstić information content (AvgIpc) is 2.91. The van der Waals surface area contributed by atoms with Gasteiger partial charge in [0, 0.05) is 12.1 Å². The van der Waals surface area contributed by atoms with Gasteiger partial charge in [0.25, 0.3) is 0 Å². The molecule has 0 aliphatic carbocycles. The van der Waals surface area contributed by atoms with E-state index in [0.29, 0.717) is 23.6 Å². The maximum Gasteiger partial charge on any atom is 0.238 e. The fourth-order valence-electron chi connectivity index (χ4n) is 2.49. The molecular weight excluding hydrogens is 340 g/mol. The molecule has 0 bridgehead atoms. The molecule has 25 heavy (non-hydrogen) atoms. The molecule has 7 heteroatoms. The van der Waals surface area contributed by atoms with Crippen molar-refractivity contribution in [2.45, 2.75) is 44.6 Å². The van der Waals surface area contributed by atoms with Gasteiger partial charge in [0.2, 0.25) is 5.91 Å². The van der Waals surface area contributed by atoms with Crippen LogP contribution in [0.4, 0.5) is 0 Å². The van der Waals surface area contributed by atoms with Crippen molar-refractivity contribution in [2.75, 3.05) is 6.54 Å². The molecule has 1 heterocycles. The van der Waals surface area contributed by atoms with Crippen molar-refractivity contribution in [2.24, 2.45) is 0 Å². The smallest absolute Gasteiger partial charge is 0.238 e. The molecule has 2 atom stereocenters. The van der Waals surface area contributed by atoms with E-state index in [1.807, 2.05) is 37.3 Å². The minimum Gasteiger partial charge on any atom is -0.361 e. The maximum atomic E-state index is 12.5. The van der Waals surface area contributed by atoms with E-state index in [2.05, 4.69) is 10.5 Å². The van der Waals surface area contributed by atoms with Crippen LogP contribution in [0.2, 0.25) is 0 Å². The normalized spacial score (nSPS) is 14.1. The Labute approximate surface area is 148 Å². The second-order valence-electron chi connectivity index (χ2n) is 6.31. The Morgan fingerprint density at radius 2 is 1.84 bits per heavy atom. The summed E-state index contributed by atoms with van der Waals surface area (Å²) in [4.78, 5) is 12.3. The van der Waals surface area contributed by atoms with E-state index in [0.717, 1.165) is 5.56 Å². The molecule has 1 amide bonds. The summed E-state index contributed by atoms with van der Waals surface area (Å²) < 4.78 is 30.1. The first-order valence-corrected chi connectivity index (χ1v) is 9.90. The summed E-state index contributed by atoms with van der Waals surface area (Å²) in [6.07, 6.45) is 0. The number of rotatable bonds is 7. The molecule has 0 aliphatic heterocycles. The lowest BCUT2D eigenvalue weighted by molar-refractivity contribution is -0.120. The maximum absolute atomic E-state index is 12.5. The van der Waals surface area contributed by atoms with E-state index >= 15 is 0 Å². The van der Waals surface area contributed by atoms with Crippen LogP contribution >= 0.6 is 0 Å². The van der Waals surface area contributed by atoms with Crippen LogP contribution in [0, 0.1) is 13.8 Å². The molecule has 0 saturated heterocycles. The number of nitrogens with zero attached hydrogens (tertiary/aromatic N) is 1. The van der Waals surface area contributed by atoms with Crippen molar-refractivity contribution in [1.82, 2.24) is 10.5 Å². The number of hydrogen-bond acceptors (Lipinski definition) is 5. The Kier molecular flexibility index (Phi) is 6.00. The molecule has 6 nitrogen and oxygen atoms in total. The first kappa shape index (κ1) is 19.2. The molecule has 0 unspecified atom stereocenters. The van der Waals surface area contributed by atoms with Crippen LogP contribution in [0.15, 0.2) is 34.9 Å². The number of benzene rings is 1. The van der Waals surface area contributed by atoms with Gasteiger partial charge in [-0.15, -0.1) is 0 Å². The lowest BCUT2D eigenvalue weighted by atomic mass is 10.0. The zero-order valence-corrected chi connectivity index (χ0v) is 15.8. The number of aryl methyl sites for hydroxylation is 2. The number of nitrogens with one attached hydrogen (secondary N) is 1. The van der Waals surface area contributed by atoms with Gasteiger partial charge in [-0.2, -0.15) is 0 Å². The third-order valence-electron chi connectivity index (χ3n) is 4.39. The first-order valence-electron chi connectivity index (χ1n) is 8.18. The van der Waals surface area contributed by atoms with Crippen LogP contribution in [0.1, 0.15) is 42.3 Å². The Hall–Kier alpha value is -2.15. The summed E-state index contributed by atoms with van der Waals surface area (Å²) in [5.41, 5.74) is 2.15. The topological polar surface area (TPSA) is 89.3 Å². The minimum absolute atomic E-state index is 0.0996. The average molecular weight is 364 g/mol. The van der Waals surface area contributed by atoms with Gasteiger partial charge >= 0.3 is 0 Å². The fourth-order valence-corrected chi connectivity index (χ4v) is 3.97. The molecule has 136 valence electrons. The number of carbonyl (C=O) groups is 1. The second kappa shape index (κ2) is 7.82. The van der Waals surface area contributed by atoms with E-state index in [1.54, 1.807) is 13.8 Å². The zero-order chi connectivity index (χ0) is 18.6. The summed E-state index contributed by atoms with van der Waals surface area (Å²) in [5.74, 6) is -0.180. The second-order valence-corrected chi connectivity index (χ2v) is 8.63. The predicted molar refractivity (Wildman–Crippen MR) is 95.9 cm³/mol. The standard InChI is InChI=1S/C18H24N2O4S/c1-12(16-8-6-5-7-9-16)10-19-18(21)15(4)25(22,23)11-17-13(2)20-24-14(17)3/h5-9,12,15H,10-11H2,1-4H3,(H,19,21)/t12-,15+/m0/s1. The van der Waals surface area contributed by atoms with Crippen molar-refractivity contribution in [3.8, 4) is 0 Å². The van der Waals surface area contributed by atoms with Crippen LogP contribution in [0.3, 0.4) is 0 Å². The molecule has 1 aromatic heterocycles. The Morgan fingerprint density at radius 1 is 1.20 bits per heavy atom. The number of carbonyl (C=O) groups excluding carboxylic acids is 1. The third kappa shape index (κ3) is 4.69. The van der Waals surface area contributed by atoms with Gasteiger partial charge in [-0.3, -0.25) is 4.79 Å². The van der Waals surface area contributed by atoms with Gasteiger partial charge in [-0.05, 0) is 32.3 Å². The first-order chi connectivity index (χ1) is 11.7. The third-order valence-corrected chi connectivity index (χ3v) is 6.37. The van der Waals surface area contributed by atoms with E-state index in [1.165, 1.54) is 6.92 Å². The minimum atomic E-state index is -3.65. The fraction of sp³-hybridized carbons (Fsp3) is 0.444. The lowest BCUT2D eigenvalue weighted by Gasteiger charge is -2.16. The monoisotopic (exact) mass is 364 g/mol. The van der Waals surface area contributed by atoms with Crippen molar-refractivity contribution in [3.63, 3.8) is 0 Å². The largest absolute Gasteiger partial charge is 0.361 e. The number of hydrogen-bond donors (Lipinski definition) is 1. The Morgan fingerprint density at radius 3 is 2.40 bits per heavy atom. The number of amides is 1. The highest BCUT2D eigenvalue weighted by Crippen LogP contribution is 2.19. The Balaban J connectivity index is 1.99. The molecule has 0 fully saturated rings. The van der Waals surface area contributed by atoms with Gasteiger partial charge in [-0.1, -0.05) is 42.4 Å². The van der Waals surface area contributed by atoms with Crippen molar-refractivity contribution in [3.05, 3.63) is 52.9 Å². The molecular formula is C18H24N2O4S. The number of sulfone groups is 1. The van der Waals surface area contributed by atoms with Crippen LogP contribution in [-0.4, -0.2) is 31.3 Å². The van der Waals surface area contributed by atoms with Gasteiger partial charge < -0.3 is 9.84 Å². The van der Waals surface area contributed by atoms with Crippen molar-refractivity contribution >= 4 is 15.7 Å². The molecule has 0 radical (unpaired) electrons. The predicted octanol–water partition coefficient (Wildman–Crippen LogP) is 2.51. The van der Waals surface area contributed by atoms with Crippen LogP contribution in [0.25, 0.3) is 0 Å². The van der Waals surface area contributed by atoms with E-state index in [4.69, 9.17) is 4.52 Å². The van der Waals surface area contributed by atoms with Gasteiger partial charge in [0.05, 0.1) is 11.4 Å². The number of aromatic nitrogens is 1.